The Labute approximate surface area is 142 Å². The van der Waals surface area contributed by atoms with Crippen molar-refractivity contribution in [2.24, 2.45) is 0 Å². The van der Waals surface area contributed by atoms with Crippen LogP contribution >= 0.6 is 0 Å². The third kappa shape index (κ3) is 2.64. The van der Waals surface area contributed by atoms with Gasteiger partial charge >= 0.3 is 0 Å². The van der Waals surface area contributed by atoms with Crippen molar-refractivity contribution in [3.05, 3.63) is 65.9 Å². The number of benzene rings is 1. The lowest BCUT2D eigenvalue weighted by atomic mass is 10.1. The average molecular weight is 338 g/mol. The molecule has 0 fully saturated rings. The Kier molecular flexibility index (Phi) is 3.70. The number of pyridine rings is 1. The third-order valence-electron chi connectivity index (χ3n) is 4.16. The maximum absolute atomic E-state index is 14.3. The minimum Gasteiger partial charge on any atom is -0.416 e. The summed E-state index contributed by atoms with van der Waals surface area (Å²) in [7, 11) is 1.47. The summed E-state index contributed by atoms with van der Waals surface area (Å²) in [6.45, 7) is 0.616. The molecule has 0 saturated carbocycles. The van der Waals surface area contributed by atoms with Gasteiger partial charge in [-0.3, -0.25) is 9.20 Å². The number of aromatic nitrogens is 2. The molecule has 0 spiro atoms. The van der Waals surface area contributed by atoms with E-state index in [4.69, 9.17) is 4.84 Å². The Morgan fingerprint density at radius 1 is 1.32 bits per heavy atom. The van der Waals surface area contributed by atoms with Crippen molar-refractivity contribution < 1.29 is 14.0 Å². The number of amides is 1. The Bertz CT molecular complexity index is 1010. The van der Waals surface area contributed by atoms with Gasteiger partial charge in [0.05, 0.1) is 24.0 Å². The van der Waals surface area contributed by atoms with Crippen molar-refractivity contribution in [2.45, 2.75) is 0 Å². The molecule has 0 aliphatic carbocycles. The molecule has 0 bridgehead atoms. The van der Waals surface area contributed by atoms with E-state index >= 15 is 0 Å². The van der Waals surface area contributed by atoms with Gasteiger partial charge in [-0.25, -0.2) is 9.37 Å². The van der Waals surface area contributed by atoms with Crippen LogP contribution in [-0.4, -0.2) is 28.9 Å². The number of fused-ring (bicyclic) bond motifs is 1. The fraction of sp³-hybridized carbons (Fsp3) is 0.111. The van der Waals surface area contributed by atoms with E-state index in [1.54, 1.807) is 18.5 Å². The first-order valence-electron chi connectivity index (χ1n) is 7.74. The average Bonchev–Trinajstić information content (AvgIpc) is 3.30. The zero-order chi connectivity index (χ0) is 17.4. The molecule has 2 N–H and O–H groups in total. The lowest BCUT2D eigenvalue weighted by Gasteiger charge is -2.07. The van der Waals surface area contributed by atoms with Crippen LogP contribution in [0.4, 0.5) is 4.39 Å². The number of hydrogen-bond acceptors (Lipinski definition) is 4. The second-order valence-electron chi connectivity index (χ2n) is 5.65. The highest BCUT2D eigenvalue weighted by molar-refractivity contribution is 5.94. The Hall–Kier alpha value is -3.19. The van der Waals surface area contributed by atoms with Crippen LogP contribution < -0.4 is 10.8 Å². The number of hydrogen-bond donors (Lipinski definition) is 2. The van der Waals surface area contributed by atoms with Crippen molar-refractivity contribution in [3.8, 4) is 11.3 Å². The van der Waals surface area contributed by atoms with Gasteiger partial charge in [-0.15, -0.1) is 0 Å². The van der Waals surface area contributed by atoms with Crippen LogP contribution in [0.5, 0.6) is 0 Å². The first kappa shape index (κ1) is 15.3. The van der Waals surface area contributed by atoms with Gasteiger partial charge in [0, 0.05) is 24.4 Å². The highest BCUT2D eigenvalue weighted by atomic mass is 19.1. The largest absolute Gasteiger partial charge is 0.416 e. The summed E-state index contributed by atoms with van der Waals surface area (Å²) in [6.07, 6.45) is 5.28. The minimum absolute atomic E-state index is 0.0140. The van der Waals surface area contributed by atoms with Crippen molar-refractivity contribution in [3.63, 3.8) is 0 Å². The molecule has 3 heterocycles. The molecular weight excluding hydrogens is 323 g/mol. The maximum Gasteiger partial charge on any atom is 0.253 e. The van der Waals surface area contributed by atoms with Crippen molar-refractivity contribution >= 4 is 17.1 Å². The molecule has 1 amide bonds. The normalized spacial score (nSPS) is 13.6. The van der Waals surface area contributed by atoms with E-state index in [0.29, 0.717) is 12.1 Å². The predicted molar refractivity (Wildman–Crippen MR) is 91.0 cm³/mol. The number of imidazole rings is 1. The number of carbonyl (C=O) groups excluding carboxylic acids is 1. The number of hydroxylamine groups is 1. The number of halogens is 1. The summed E-state index contributed by atoms with van der Waals surface area (Å²) in [5.41, 5.74) is 6.94. The molecule has 6 nitrogen and oxygen atoms in total. The summed E-state index contributed by atoms with van der Waals surface area (Å²) < 4.78 is 16.2. The maximum atomic E-state index is 14.3. The van der Waals surface area contributed by atoms with Crippen molar-refractivity contribution in [1.29, 1.82) is 0 Å². The standard InChI is InChI=1S/C18H15FN4O2/c1-20-18(24)14-4-2-11(6-15(14)19)16-8-21-17-5-3-12(9-23(16)17)13-7-22-25-10-13/h2-6,8-10,22H,7H2,1H3,(H,20,24). The molecule has 7 heteroatoms. The summed E-state index contributed by atoms with van der Waals surface area (Å²) >= 11 is 0. The Morgan fingerprint density at radius 2 is 2.16 bits per heavy atom. The molecule has 1 aliphatic rings. The smallest absolute Gasteiger partial charge is 0.253 e. The third-order valence-corrected chi connectivity index (χ3v) is 4.16. The SMILES string of the molecule is CNC(=O)c1ccc(-c2cnc3ccc(C4=CONC4)cn23)cc1F. The van der Waals surface area contributed by atoms with Crippen LogP contribution in [0.1, 0.15) is 15.9 Å². The van der Waals surface area contributed by atoms with Gasteiger partial charge in [-0.1, -0.05) is 6.07 Å². The highest BCUT2D eigenvalue weighted by Gasteiger charge is 2.15. The summed E-state index contributed by atoms with van der Waals surface area (Å²) in [4.78, 5) is 21.1. The van der Waals surface area contributed by atoms with E-state index in [2.05, 4.69) is 15.8 Å². The minimum atomic E-state index is -0.570. The van der Waals surface area contributed by atoms with E-state index in [1.807, 2.05) is 22.7 Å². The lowest BCUT2D eigenvalue weighted by Crippen LogP contribution is -2.19. The van der Waals surface area contributed by atoms with Crippen molar-refractivity contribution in [2.75, 3.05) is 13.6 Å². The molecule has 2 aromatic heterocycles. The van der Waals surface area contributed by atoms with Gasteiger partial charge in [0.25, 0.3) is 5.91 Å². The number of nitrogens with zero attached hydrogens (tertiary/aromatic N) is 2. The molecule has 126 valence electrons. The lowest BCUT2D eigenvalue weighted by molar-refractivity contribution is 0.0959. The number of rotatable bonds is 3. The van der Waals surface area contributed by atoms with E-state index in [9.17, 15) is 9.18 Å². The van der Waals surface area contributed by atoms with Crippen LogP contribution in [0, 0.1) is 5.82 Å². The number of nitrogens with one attached hydrogen (secondary N) is 2. The van der Waals surface area contributed by atoms with Gasteiger partial charge in [0.2, 0.25) is 0 Å². The molecule has 0 saturated heterocycles. The van der Waals surface area contributed by atoms with E-state index in [1.165, 1.54) is 19.2 Å². The van der Waals surface area contributed by atoms with Gasteiger partial charge < -0.3 is 10.2 Å². The molecule has 4 rings (SSSR count). The zero-order valence-corrected chi connectivity index (χ0v) is 13.4. The molecule has 0 unspecified atom stereocenters. The van der Waals surface area contributed by atoms with E-state index in [-0.39, 0.29) is 5.56 Å². The number of carbonyl (C=O) groups is 1. The zero-order valence-electron chi connectivity index (χ0n) is 13.4. The van der Waals surface area contributed by atoms with E-state index in [0.717, 1.165) is 22.5 Å². The molecule has 3 aromatic rings. The molecule has 0 atom stereocenters. The second kappa shape index (κ2) is 6.03. The Morgan fingerprint density at radius 3 is 2.88 bits per heavy atom. The van der Waals surface area contributed by atoms with Crippen LogP contribution in [0.15, 0.2) is 49.0 Å². The highest BCUT2D eigenvalue weighted by Crippen LogP contribution is 2.25. The van der Waals surface area contributed by atoms with Crippen LogP contribution in [0.2, 0.25) is 0 Å². The molecule has 1 aromatic carbocycles. The van der Waals surface area contributed by atoms with Gasteiger partial charge in [-0.05, 0) is 29.8 Å². The molecular formula is C18H15FN4O2. The van der Waals surface area contributed by atoms with Gasteiger partial charge in [0.1, 0.15) is 17.7 Å². The first-order valence-corrected chi connectivity index (χ1v) is 7.74. The fourth-order valence-electron chi connectivity index (χ4n) is 2.82. The molecule has 0 radical (unpaired) electrons. The Balaban J connectivity index is 1.80. The molecule has 25 heavy (non-hydrogen) atoms. The quantitative estimate of drug-likeness (QED) is 0.769. The summed E-state index contributed by atoms with van der Waals surface area (Å²) in [5, 5.41) is 2.42. The van der Waals surface area contributed by atoms with Crippen LogP contribution in [0.25, 0.3) is 22.5 Å². The van der Waals surface area contributed by atoms with E-state index < -0.39 is 11.7 Å². The first-order chi connectivity index (χ1) is 12.2. The van der Waals surface area contributed by atoms with Crippen LogP contribution in [-0.2, 0) is 4.84 Å². The summed E-state index contributed by atoms with van der Waals surface area (Å²) in [5.74, 6) is -1.02. The summed E-state index contributed by atoms with van der Waals surface area (Å²) in [6, 6.07) is 8.39. The van der Waals surface area contributed by atoms with Gasteiger partial charge in [-0.2, -0.15) is 5.48 Å². The topological polar surface area (TPSA) is 67.7 Å². The molecule has 1 aliphatic heterocycles. The van der Waals surface area contributed by atoms with Crippen molar-refractivity contribution in [1.82, 2.24) is 20.2 Å². The van der Waals surface area contributed by atoms with Crippen LogP contribution in [0.3, 0.4) is 0 Å². The van der Waals surface area contributed by atoms with Gasteiger partial charge in [0.15, 0.2) is 0 Å². The monoisotopic (exact) mass is 338 g/mol. The fourth-order valence-corrected chi connectivity index (χ4v) is 2.82. The predicted octanol–water partition coefficient (Wildman–Crippen LogP) is 2.38. The second-order valence-corrected chi connectivity index (χ2v) is 5.65.